The molecule has 0 N–H and O–H groups in total. The van der Waals surface area contributed by atoms with Crippen molar-refractivity contribution in [3.05, 3.63) is 0 Å². The molecule has 12 valence electrons. The molecule has 0 amide bonds. The summed E-state index contributed by atoms with van der Waals surface area (Å²) >= 11 is 3.78. The van der Waals surface area contributed by atoms with Crippen LogP contribution in [-0.4, -0.2) is 0 Å². The molecule has 0 radical (unpaired) electrons. The molecule has 0 aliphatic heterocycles. The van der Waals surface area contributed by atoms with E-state index in [-0.39, 0.29) is 56.6 Å². The minimum absolute atomic E-state index is 0. The zero-order valence-corrected chi connectivity index (χ0v) is 5.57. The molecule has 0 aliphatic rings. The fourth-order valence-electron chi connectivity index (χ4n) is 0. The summed E-state index contributed by atoms with van der Waals surface area (Å²) in [4.78, 5) is 0. The van der Waals surface area contributed by atoms with E-state index in [0.717, 1.165) is 0 Å². The van der Waals surface area contributed by atoms with Gasteiger partial charge in [-0.3, -0.25) is 0 Å². The Hall–Kier alpha value is 2.31. The SMILES string of the molecule is [Li+].[Li+].[Li+].[P-]=S. The largest absolute Gasteiger partial charge is 1.00 e. The average molecular weight is 83.9 g/mol. The minimum atomic E-state index is 0. The maximum atomic E-state index is 3.78. The summed E-state index contributed by atoms with van der Waals surface area (Å²) in [7, 11) is 3.11. The van der Waals surface area contributed by atoms with Gasteiger partial charge in [0.2, 0.25) is 0 Å². The Balaban J connectivity index is -0.00000000167. The van der Waals surface area contributed by atoms with E-state index < -0.39 is 0 Å². The van der Waals surface area contributed by atoms with Crippen LogP contribution in [0.2, 0.25) is 0 Å². The van der Waals surface area contributed by atoms with E-state index in [1.165, 1.54) is 0 Å². The van der Waals surface area contributed by atoms with Crippen molar-refractivity contribution in [1.82, 2.24) is 0 Å². The van der Waals surface area contributed by atoms with E-state index in [1.54, 1.807) is 0 Å². The summed E-state index contributed by atoms with van der Waals surface area (Å²) < 4.78 is 0. The van der Waals surface area contributed by atoms with E-state index in [4.69, 9.17) is 0 Å². The Morgan fingerprint density at radius 2 is 0.800 bits per heavy atom. The van der Waals surface area contributed by atoms with Crippen molar-refractivity contribution in [2.24, 2.45) is 0 Å². The summed E-state index contributed by atoms with van der Waals surface area (Å²) in [6, 6.07) is 0. The molecule has 0 aromatic carbocycles. The Morgan fingerprint density at radius 1 is 0.800 bits per heavy atom. The fourth-order valence-corrected chi connectivity index (χ4v) is 0. The van der Waals surface area contributed by atoms with Crippen molar-refractivity contribution < 1.29 is 56.6 Å². The molecule has 0 heterocycles. The molecular formula is Li3PS+2. The molecule has 0 unspecified atom stereocenters. The molecule has 0 aromatic heterocycles. The van der Waals surface area contributed by atoms with Crippen LogP contribution in [0, 0.1) is 0 Å². The van der Waals surface area contributed by atoms with Crippen molar-refractivity contribution in [2.45, 2.75) is 0 Å². The maximum Gasteiger partial charge on any atom is 1.00 e. The van der Waals surface area contributed by atoms with Crippen molar-refractivity contribution in [3.63, 3.8) is 0 Å². The van der Waals surface area contributed by atoms with Crippen LogP contribution >= 0.6 is 8.02 Å². The topological polar surface area (TPSA) is 0 Å². The Kier molecular flexibility index (Phi) is 177. The molecule has 0 bridgehead atoms. The molecule has 0 rings (SSSR count). The molecule has 5 heteroatoms. The molecule has 0 saturated carbocycles. The van der Waals surface area contributed by atoms with Crippen molar-refractivity contribution in [3.8, 4) is 0 Å². The first-order chi connectivity index (χ1) is 1.00. The molecule has 5 heavy (non-hydrogen) atoms. The quantitative estimate of drug-likeness (QED) is 0.207. The first-order valence-corrected chi connectivity index (χ1v) is 1.64. The first-order valence-electron chi connectivity index (χ1n) is 0.183. The van der Waals surface area contributed by atoms with E-state index in [1.807, 2.05) is 0 Å². The molecule has 0 aliphatic carbocycles. The summed E-state index contributed by atoms with van der Waals surface area (Å²) in [5.74, 6) is 0. The molecule has 0 fully saturated rings. The van der Waals surface area contributed by atoms with E-state index in [0.29, 0.717) is 0 Å². The zero-order valence-electron chi connectivity index (χ0n) is 3.86. The van der Waals surface area contributed by atoms with Crippen LogP contribution in [0.15, 0.2) is 0 Å². The Labute approximate surface area is 75.6 Å². The van der Waals surface area contributed by atoms with Crippen LogP contribution in [0.4, 0.5) is 0 Å². The fraction of sp³-hybridized carbons (Fsp3) is 0. The van der Waals surface area contributed by atoms with Gasteiger partial charge in [0.25, 0.3) is 0 Å². The average Bonchev–Trinajstić information content (AvgIpc) is 1.00. The molecule has 0 spiro atoms. The third-order valence-electron chi connectivity index (χ3n) is 0. The zero-order chi connectivity index (χ0) is 2.00. The van der Waals surface area contributed by atoms with Crippen LogP contribution in [0.25, 0.3) is 0 Å². The van der Waals surface area contributed by atoms with Crippen LogP contribution in [0.5, 0.6) is 0 Å². The van der Waals surface area contributed by atoms with E-state index in [9.17, 15) is 0 Å². The monoisotopic (exact) mass is 84.0 g/mol. The summed E-state index contributed by atoms with van der Waals surface area (Å²) in [6.07, 6.45) is 0. The van der Waals surface area contributed by atoms with Crippen molar-refractivity contribution in [1.29, 1.82) is 0 Å². The molecule has 0 saturated heterocycles. The third-order valence-corrected chi connectivity index (χ3v) is 0. The summed E-state index contributed by atoms with van der Waals surface area (Å²) in [6.45, 7) is 0. The van der Waals surface area contributed by atoms with Gasteiger partial charge in [-0.15, -0.1) is 0 Å². The summed E-state index contributed by atoms with van der Waals surface area (Å²) in [5.41, 5.74) is 0. The predicted octanol–water partition coefficient (Wildman–Crippen LogP) is -8.13. The summed E-state index contributed by atoms with van der Waals surface area (Å²) in [5, 5.41) is 0. The predicted molar refractivity (Wildman–Crippen MR) is 14.3 cm³/mol. The molecule has 0 nitrogen and oxygen atoms in total. The van der Waals surface area contributed by atoms with Crippen molar-refractivity contribution >= 4 is 19.8 Å². The van der Waals surface area contributed by atoms with Gasteiger partial charge in [0.15, 0.2) is 0 Å². The van der Waals surface area contributed by atoms with Gasteiger partial charge in [-0.05, 0) is 0 Å². The minimum Gasteiger partial charge on any atom is -0.645 e. The Morgan fingerprint density at radius 3 is 0.800 bits per heavy atom. The van der Waals surface area contributed by atoms with Crippen LogP contribution in [-0.2, 0) is 11.8 Å². The van der Waals surface area contributed by atoms with Gasteiger partial charge in [0, 0.05) is 0 Å². The van der Waals surface area contributed by atoms with Crippen LogP contribution in [0.3, 0.4) is 0 Å². The molecule has 0 atom stereocenters. The van der Waals surface area contributed by atoms with Crippen LogP contribution in [0.1, 0.15) is 0 Å². The van der Waals surface area contributed by atoms with Crippen molar-refractivity contribution in [2.75, 3.05) is 0 Å². The molecule has 0 aromatic rings. The van der Waals surface area contributed by atoms with Gasteiger partial charge in [-0.1, -0.05) is 0 Å². The van der Waals surface area contributed by atoms with Gasteiger partial charge in [0.1, 0.15) is 0 Å². The van der Waals surface area contributed by atoms with Gasteiger partial charge < -0.3 is 19.8 Å². The number of hydrogen-bond acceptors (Lipinski definition) is 1. The smallest absolute Gasteiger partial charge is 0.645 e. The standard InChI is InChI=1S/3Li.PS/c;;;1-2/q3*+1;-1. The Bertz CT molecular complexity index is 6.85. The normalized spacial score (nSPS) is 0.800. The molecular weight excluding hydrogens is 83.9 g/mol. The second kappa shape index (κ2) is 33.3. The number of hydrogen-bond donors (Lipinski definition) is 0. The van der Waals surface area contributed by atoms with E-state index in [2.05, 4.69) is 19.8 Å². The van der Waals surface area contributed by atoms with Crippen LogP contribution < -0.4 is 56.6 Å². The van der Waals surface area contributed by atoms with Gasteiger partial charge in [-0.2, -0.15) is 0 Å². The first kappa shape index (κ1) is 26.6. The second-order valence-corrected chi connectivity index (χ2v) is 0. The van der Waals surface area contributed by atoms with E-state index >= 15 is 0 Å². The third kappa shape index (κ3) is 22.0. The number of rotatable bonds is 0. The van der Waals surface area contributed by atoms with Gasteiger partial charge in [0.05, 0.1) is 0 Å². The second-order valence-electron chi connectivity index (χ2n) is 0. The van der Waals surface area contributed by atoms with Gasteiger partial charge >= 0.3 is 56.6 Å². The maximum absolute atomic E-state index is 3.78. The van der Waals surface area contributed by atoms with Gasteiger partial charge in [-0.25, -0.2) is 0 Å².